The molecule has 2 aromatic rings. The van der Waals surface area contributed by atoms with Crippen LogP contribution in [0.3, 0.4) is 0 Å². The summed E-state index contributed by atoms with van der Waals surface area (Å²) in [5, 5.41) is -0.321. The lowest BCUT2D eigenvalue weighted by Crippen LogP contribution is -2.14. The van der Waals surface area contributed by atoms with Crippen molar-refractivity contribution in [1.82, 2.24) is 4.98 Å². The molecule has 0 aliphatic carbocycles. The normalized spacial score (nSPS) is 12.2. The molecule has 0 fully saturated rings. The largest absolute Gasteiger partial charge is 0.468 e. The number of hydrogen-bond acceptors (Lipinski definition) is 5. The minimum atomic E-state index is -0.957. The molecule has 2 rings (SSSR count). The van der Waals surface area contributed by atoms with Gasteiger partial charge in [0.05, 0.1) is 18.1 Å². The van der Waals surface area contributed by atoms with Crippen LogP contribution in [0.2, 0.25) is 0 Å². The lowest BCUT2D eigenvalue weighted by Gasteiger charge is -2.06. The van der Waals surface area contributed by atoms with Crippen molar-refractivity contribution in [3.8, 4) is 11.5 Å². The smallest absolute Gasteiger partial charge is 0.318 e. The second-order valence-electron chi connectivity index (χ2n) is 4.25. The topological polar surface area (TPSA) is 52.3 Å². The number of hydrogen-bond donors (Lipinski definition) is 0. The lowest BCUT2D eigenvalue weighted by molar-refractivity contribution is -0.139. The van der Waals surface area contributed by atoms with Crippen molar-refractivity contribution in [2.75, 3.05) is 7.11 Å². The van der Waals surface area contributed by atoms with Crippen LogP contribution >= 0.6 is 11.8 Å². The molecule has 1 atom stereocenters. The van der Waals surface area contributed by atoms with E-state index in [1.54, 1.807) is 6.92 Å². The summed E-state index contributed by atoms with van der Waals surface area (Å²) in [6, 6.07) is 3.43. The van der Waals surface area contributed by atoms with Gasteiger partial charge in [-0.05, 0) is 25.1 Å². The maximum Gasteiger partial charge on any atom is 0.318 e. The number of nitrogens with zero attached hydrogens (tertiary/aromatic N) is 1. The maximum atomic E-state index is 13.2. The van der Waals surface area contributed by atoms with Crippen LogP contribution in [0.1, 0.15) is 12.6 Å². The molecule has 0 spiro atoms. The summed E-state index contributed by atoms with van der Waals surface area (Å²) in [6.45, 7) is 1.73. The number of ether oxygens (including phenoxy) is 1. The first-order chi connectivity index (χ1) is 10.0. The molecule has 4 nitrogen and oxygen atoms in total. The van der Waals surface area contributed by atoms with Crippen molar-refractivity contribution < 1.29 is 22.7 Å². The summed E-state index contributed by atoms with van der Waals surface area (Å²) in [6.07, 6.45) is 1.42. The highest BCUT2D eigenvalue weighted by Crippen LogP contribution is 2.24. The minimum Gasteiger partial charge on any atom is -0.468 e. The quantitative estimate of drug-likeness (QED) is 0.792. The van der Waals surface area contributed by atoms with Crippen molar-refractivity contribution >= 4 is 17.7 Å². The summed E-state index contributed by atoms with van der Waals surface area (Å²) in [7, 11) is 1.33. The van der Waals surface area contributed by atoms with Gasteiger partial charge in [0.1, 0.15) is 6.26 Å². The molecule has 7 heteroatoms. The molecule has 0 amide bonds. The van der Waals surface area contributed by atoms with Crippen LogP contribution in [0.5, 0.6) is 0 Å². The Labute approximate surface area is 124 Å². The van der Waals surface area contributed by atoms with Gasteiger partial charge >= 0.3 is 5.97 Å². The summed E-state index contributed by atoms with van der Waals surface area (Å²) in [5.41, 5.74) is 0.960. The molecule has 1 aromatic heterocycles. The SMILES string of the molecule is COC(=O)C(C)SCc1coc(-c2ccc(F)c(F)c2)n1. The fourth-order valence-corrected chi connectivity index (χ4v) is 2.37. The van der Waals surface area contributed by atoms with Gasteiger partial charge in [-0.3, -0.25) is 4.79 Å². The third-order valence-electron chi connectivity index (χ3n) is 2.73. The van der Waals surface area contributed by atoms with E-state index in [0.29, 0.717) is 17.0 Å². The average molecular weight is 313 g/mol. The number of benzene rings is 1. The third-order valence-corrected chi connectivity index (χ3v) is 3.89. The van der Waals surface area contributed by atoms with E-state index in [2.05, 4.69) is 9.72 Å². The van der Waals surface area contributed by atoms with Gasteiger partial charge < -0.3 is 9.15 Å². The molecule has 1 heterocycles. The zero-order valence-corrected chi connectivity index (χ0v) is 12.2. The molecule has 0 N–H and O–H groups in total. The number of aromatic nitrogens is 1. The van der Waals surface area contributed by atoms with E-state index in [-0.39, 0.29) is 17.1 Å². The van der Waals surface area contributed by atoms with E-state index in [1.807, 2.05) is 0 Å². The number of carbonyl (C=O) groups is 1. The zero-order valence-electron chi connectivity index (χ0n) is 11.4. The predicted octanol–water partition coefficient (Wildman–Crippen LogP) is 3.41. The summed E-state index contributed by atoms with van der Waals surface area (Å²) in [4.78, 5) is 15.4. The molecular weight excluding hydrogens is 300 g/mol. The number of rotatable bonds is 5. The first kappa shape index (κ1) is 15.5. The van der Waals surface area contributed by atoms with E-state index < -0.39 is 11.6 Å². The van der Waals surface area contributed by atoms with Crippen LogP contribution in [-0.2, 0) is 15.3 Å². The van der Waals surface area contributed by atoms with E-state index in [9.17, 15) is 13.6 Å². The van der Waals surface area contributed by atoms with Gasteiger partial charge in [0.15, 0.2) is 11.6 Å². The Hall–Kier alpha value is -1.89. The van der Waals surface area contributed by atoms with E-state index in [4.69, 9.17) is 4.42 Å². The third kappa shape index (κ3) is 3.81. The van der Waals surface area contributed by atoms with Gasteiger partial charge in [-0.15, -0.1) is 11.8 Å². The van der Waals surface area contributed by atoms with Crippen LogP contribution in [0, 0.1) is 11.6 Å². The number of carbonyl (C=O) groups excluding carboxylic acids is 1. The Morgan fingerprint density at radius 2 is 2.19 bits per heavy atom. The van der Waals surface area contributed by atoms with Gasteiger partial charge in [-0.2, -0.15) is 0 Å². The van der Waals surface area contributed by atoms with Gasteiger partial charge in [0.2, 0.25) is 5.89 Å². The fourth-order valence-electron chi connectivity index (χ4n) is 1.58. The number of esters is 1. The van der Waals surface area contributed by atoms with Crippen molar-refractivity contribution in [2.24, 2.45) is 0 Å². The maximum absolute atomic E-state index is 13.2. The molecule has 1 aromatic carbocycles. The van der Waals surface area contributed by atoms with Gasteiger partial charge in [-0.25, -0.2) is 13.8 Å². The molecule has 21 heavy (non-hydrogen) atoms. The lowest BCUT2D eigenvalue weighted by atomic mass is 10.2. The second-order valence-corrected chi connectivity index (χ2v) is 5.58. The molecule has 0 aliphatic rings. The van der Waals surface area contributed by atoms with E-state index in [0.717, 1.165) is 12.1 Å². The van der Waals surface area contributed by atoms with Crippen LogP contribution in [-0.4, -0.2) is 23.3 Å². The monoisotopic (exact) mass is 313 g/mol. The Kier molecular flexibility index (Phi) is 4.95. The molecule has 1 unspecified atom stereocenters. The Balaban J connectivity index is 2.04. The number of halogens is 2. The summed E-state index contributed by atoms with van der Waals surface area (Å²) >= 11 is 1.35. The van der Waals surface area contributed by atoms with Crippen molar-refractivity contribution in [1.29, 1.82) is 0 Å². The zero-order chi connectivity index (χ0) is 15.4. The Bertz CT molecular complexity index is 645. The summed E-state index contributed by atoms with van der Waals surface area (Å²) in [5.74, 6) is -1.54. The van der Waals surface area contributed by atoms with Gasteiger partial charge in [-0.1, -0.05) is 0 Å². The molecule has 0 bridgehead atoms. The van der Waals surface area contributed by atoms with Gasteiger partial charge in [0.25, 0.3) is 0 Å². The molecule has 0 radical (unpaired) electrons. The van der Waals surface area contributed by atoms with Crippen molar-refractivity contribution in [3.63, 3.8) is 0 Å². The molecule has 0 saturated carbocycles. The predicted molar refractivity (Wildman–Crippen MR) is 74.6 cm³/mol. The van der Waals surface area contributed by atoms with Crippen LogP contribution in [0.25, 0.3) is 11.5 Å². The molecule has 112 valence electrons. The van der Waals surface area contributed by atoms with Crippen LogP contribution < -0.4 is 0 Å². The van der Waals surface area contributed by atoms with Crippen LogP contribution in [0.4, 0.5) is 8.78 Å². The number of oxazole rings is 1. The molecular formula is C14H13F2NO3S. The Morgan fingerprint density at radius 1 is 1.43 bits per heavy atom. The standard InChI is InChI=1S/C14H13F2NO3S/c1-8(14(18)19-2)21-7-10-6-20-13(17-10)9-3-4-11(15)12(16)5-9/h3-6,8H,7H2,1-2H3. The van der Waals surface area contributed by atoms with Crippen LogP contribution in [0.15, 0.2) is 28.9 Å². The molecule has 0 saturated heterocycles. The van der Waals surface area contributed by atoms with Crippen molar-refractivity contribution in [3.05, 3.63) is 41.8 Å². The van der Waals surface area contributed by atoms with E-state index >= 15 is 0 Å². The Morgan fingerprint density at radius 3 is 2.86 bits per heavy atom. The number of methoxy groups -OCH3 is 1. The highest BCUT2D eigenvalue weighted by molar-refractivity contribution is 7.99. The highest BCUT2D eigenvalue weighted by Gasteiger charge is 2.15. The second kappa shape index (κ2) is 6.71. The highest BCUT2D eigenvalue weighted by atomic mass is 32.2. The first-order valence-electron chi connectivity index (χ1n) is 6.10. The molecule has 0 aliphatic heterocycles. The van der Waals surface area contributed by atoms with Gasteiger partial charge in [0, 0.05) is 11.3 Å². The first-order valence-corrected chi connectivity index (χ1v) is 7.15. The van der Waals surface area contributed by atoms with E-state index in [1.165, 1.54) is 31.2 Å². The summed E-state index contributed by atoms with van der Waals surface area (Å²) < 4.78 is 35.9. The van der Waals surface area contributed by atoms with Crippen molar-refractivity contribution in [2.45, 2.75) is 17.9 Å². The fraction of sp³-hybridized carbons (Fsp3) is 0.286. The average Bonchev–Trinajstić information content (AvgIpc) is 2.95. The minimum absolute atomic E-state index is 0.204. The number of thioether (sulfide) groups is 1.